The van der Waals surface area contributed by atoms with Gasteiger partial charge in [0.15, 0.2) is 23.0 Å². The van der Waals surface area contributed by atoms with Crippen LogP contribution in [0.2, 0.25) is 0 Å². The summed E-state index contributed by atoms with van der Waals surface area (Å²) in [5, 5.41) is 4.78. The largest absolute Gasteiger partial charge is 0.493 e. The number of benzene rings is 6. The zero-order chi connectivity index (χ0) is 32.2. The molecular formula is C40H40N2O4. The van der Waals surface area contributed by atoms with E-state index in [2.05, 4.69) is 121 Å². The molecular weight excluding hydrogens is 572 g/mol. The second-order valence-corrected chi connectivity index (χ2v) is 11.4. The third kappa shape index (κ3) is 5.63. The zero-order valence-corrected chi connectivity index (χ0v) is 27.3. The first-order valence-corrected chi connectivity index (χ1v) is 15.3. The molecule has 0 saturated carbocycles. The maximum absolute atomic E-state index is 6.08. The molecule has 0 saturated heterocycles. The van der Waals surface area contributed by atoms with E-state index in [1.54, 1.807) is 28.4 Å². The number of nitrogens with zero attached hydrogens (tertiary/aromatic N) is 2. The smallest absolute Gasteiger partial charge is 0.166 e. The van der Waals surface area contributed by atoms with Gasteiger partial charge in [-0.3, -0.25) is 0 Å². The van der Waals surface area contributed by atoms with Crippen LogP contribution in [-0.2, 0) is 13.1 Å². The molecule has 6 rings (SSSR count). The van der Waals surface area contributed by atoms with Crippen LogP contribution < -0.4 is 28.7 Å². The quantitative estimate of drug-likeness (QED) is 0.146. The molecule has 0 aliphatic carbocycles. The van der Waals surface area contributed by atoms with E-state index in [4.69, 9.17) is 18.9 Å². The van der Waals surface area contributed by atoms with Gasteiger partial charge in [0.2, 0.25) is 0 Å². The Labute approximate surface area is 271 Å². The highest BCUT2D eigenvalue weighted by molar-refractivity contribution is 5.95. The van der Waals surface area contributed by atoms with Crippen molar-refractivity contribution in [1.82, 2.24) is 0 Å². The third-order valence-corrected chi connectivity index (χ3v) is 8.73. The lowest BCUT2D eigenvalue weighted by atomic mass is 9.92. The van der Waals surface area contributed by atoms with E-state index in [1.165, 1.54) is 21.5 Å². The first-order chi connectivity index (χ1) is 22.5. The van der Waals surface area contributed by atoms with Crippen molar-refractivity contribution in [3.05, 3.63) is 120 Å². The number of rotatable bonds is 11. The Kier molecular flexibility index (Phi) is 8.88. The number of fused-ring (bicyclic) bond motifs is 2. The number of methoxy groups -OCH3 is 4. The minimum Gasteiger partial charge on any atom is -0.493 e. The van der Waals surface area contributed by atoms with Gasteiger partial charge in [-0.05, 0) is 46.2 Å². The van der Waals surface area contributed by atoms with Gasteiger partial charge in [0.25, 0.3) is 0 Å². The van der Waals surface area contributed by atoms with Gasteiger partial charge >= 0.3 is 0 Å². The second kappa shape index (κ2) is 13.3. The lowest BCUT2D eigenvalue weighted by Gasteiger charge is -2.28. The van der Waals surface area contributed by atoms with Crippen molar-refractivity contribution in [3.63, 3.8) is 0 Å². The number of hydrogen-bond donors (Lipinski definition) is 0. The maximum Gasteiger partial charge on any atom is 0.166 e. The van der Waals surface area contributed by atoms with Crippen LogP contribution in [0.1, 0.15) is 11.1 Å². The summed E-state index contributed by atoms with van der Waals surface area (Å²) < 4.78 is 23.8. The van der Waals surface area contributed by atoms with E-state index in [-0.39, 0.29) is 0 Å². The molecule has 46 heavy (non-hydrogen) atoms. The summed E-state index contributed by atoms with van der Waals surface area (Å²) in [7, 11) is 11.0. The Morgan fingerprint density at radius 3 is 1.22 bits per heavy atom. The Morgan fingerprint density at radius 1 is 0.435 bits per heavy atom. The molecule has 0 unspecified atom stereocenters. The van der Waals surface area contributed by atoms with Gasteiger partial charge in [-0.2, -0.15) is 0 Å². The Morgan fingerprint density at radius 2 is 0.826 bits per heavy atom. The average molecular weight is 613 g/mol. The summed E-state index contributed by atoms with van der Waals surface area (Å²) in [5.74, 6) is 2.77. The second-order valence-electron chi connectivity index (χ2n) is 11.4. The van der Waals surface area contributed by atoms with Crippen LogP contribution in [0, 0.1) is 0 Å². The maximum atomic E-state index is 6.08. The summed E-state index contributed by atoms with van der Waals surface area (Å²) >= 11 is 0. The zero-order valence-electron chi connectivity index (χ0n) is 27.3. The Balaban J connectivity index is 1.51. The molecule has 6 aromatic carbocycles. The first kappa shape index (κ1) is 30.7. The van der Waals surface area contributed by atoms with Gasteiger partial charge in [-0.15, -0.1) is 0 Å². The molecule has 0 aromatic heterocycles. The standard InChI is InChI=1S/C40H40N2O4/c1-41(35-19-11-15-27-13-7-9-17-29(27)35)25-33-31(21-23-37(43-3)39(33)45-5)32-22-24-38(44-4)40(46-6)34(32)26-42(2)36-20-12-16-28-14-8-10-18-30(28)36/h7-24H,25-26H2,1-6H3. The molecule has 0 bridgehead atoms. The predicted molar refractivity (Wildman–Crippen MR) is 190 cm³/mol. The molecule has 0 aliphatic heterocycles. The molecule has 0 fully saturated rings. The van der Waals surface area contributed by atoms with Gasteiger partial charge in [0.1, 0.15) is 0 Å². The molecule has 0 heterocycles. The van der Waals surface area contributed by atoms with Crippen LogP contribution in [0.5, 0.6) is 23.0 Å². The van der Waals surface area contributed by atoms with Crippen molar-refractivity contribution in [3.8, 4) is 34.1 Å². The van der Waals surface area contributed by atoms with Gasteiger partial charge < -0.3 is 28.7 Å². The highest BCUT2D eigenvalue weighted by atomic mass is 16.5. The van der Waals surface area contributed by atoms with Crippen molar-refractivity contribution >= 4 is 32.9 Å². The summed E-state index contributed by atoms with van der Waals surface area (Å²) in [5.41, 5.74) is 6.37. The number of ether oxygens (including phenoxy) is 4. The van der Waals surface area contributed by atoms with Crippen molar-refractivity contribution in [2.45, 2.75) is 13.1 Å². The molecule has 0 aliphatic rings. The highest BCUT2D eigenvalue weighted by Gasteiger charge is 2.24. The Hall–Kier alpha value is -5.36. The summed E-state index contributed by atoms with van der Waals surface area (Å²) in [6.45, 7) is 1.16. The summed E-state index contributed by atoms with van der Waals surface area (Å²) in [6.07, 6.45) is 0. The Bertz CT molecular complexity index is 1850. The molecule has 0 spiro atoms. The van der Waals surface area contributed by atoms with Gasteiger partial charge in [0, 0.05) is 60.5 Å². The van der Waals surface area contributed by atoms with E-state index in [9.17, 15) is 0 Å². The van der Waals surface area contributed by atoms with Crippen LogP contribution >= 0.6 is 0 Å². The van der Waals surface area contributed by atoms with E-state index in [0.29, 0.717) is 36.1 Å². The van der Waals surface area contributed by atoms with E-state index < -0.39 is 0 Å². The molecule has 0 amide bonds. The normalized spacial score (nSPS) is 11.0. The van der Waals surface area contributed by atoms with Crippen LogP contribution in [0.15, 0.2) is 109 Å². The summed E-state index contributed by atoms with van der Waals surface area (Å²) in [4.78, 5) is 4.54. The highest BCUT2D eigenvalue weighted by Crippen LogP contribution is 2.45. The lowest BCUT2D eigenvalue weighted by Crippen LogP contribution is -2.20. The molecule has 6 aromatic rings. The fourth-order valence-electron chi connectivity index (χ4n) is 6.53. The fourth-order valence-corrected chi connectivity index (χ4v) is 6.53. The van der Waals surface area contributed by atoms with Crippen LogP contribution in [0.25, 0.3) is 32.7 Å². The van der Waals surface area contributed by atoms with E-state index in [0.717, 1.165) is 33.6 Å². The SMILES string of the molecule is COc1ccc(-c2ccc(OC)c(OC)c2CN(C)c2cccc3ccccc23)c(CN(C)c2cccc3ccccc23)c1OC. The van der Waals surface area contributed by atoms with Crippen molar-refractivity contribution < 1.29 is 18.9 Å². The molecule has 0 atom stereocenters. The summed E-state index contributed by atoms with van der Waals surface area (Å²) in [6, 6.07) is 38.0. The van der Waals surface area contributed by atoms with Crippen molar-refractivity contribution in [1.29, 1.82) is 0 Å². The van der Waals surface area contributed by atoms with Crippen LogP contribution in [-0.4, -0.2) is 42.5 Å². The molecule has 234 valence electrons. The van der Waals surface area contributed by atoms with Crippen molar-refractivity contribution in [2.75, 3.05) is 52.3 Å². The minimum absolute atomic E-state index is 0.580. The topological polar surface area (TPSA) is 43.4 Å². The number of hydrogen-bond acceptors (Lipinski definition) is 6. The first-order valence-electron chi connectivity index (χ1n) is 15.3. The van der Waals surface area contributed by atoms with Crippen molar-refractivity contribution in [2.24, 2.45) is 0 Å². The minimum atomic E-state index is 0.580. The molecule has 0 N–H and O–H groups in total. The lowest BCUT2D eigenvalue weighted by molar-refractivity contribution is 0.351. The van der Waals surface area contributed by atoms with Crippen LogP contribution in [0.3, 0.4) is 0 Å². The van der Waals surface area contributed by atoms with Crippen LogP contribution in [0.4, 0.5) is 11.4 Å². The van der Waals surface area contributed by atoms with Gasteiger partial charge in [-0.1, -0.05) is 84.9 Å². The predicted octanol–water partition coefficient (Wildman–Crippen LogP) is 8.97. The van der Waals surface area contributed by atoms with Gasteiger partial charge in [0.05, 0.1) is 28.4 Å². The monoisotopic (exact) mass is 612 g/mol. The average Bonchev–Trinajstić information content (AvgIpc) is 3.10. The van der Waals surface area contributed by atoms with Gasteiger partial charge in [-0.25, -0.2) is 0 Å². The van der Waals surface area contributed by atoms with E-state index >= 15 is 0 Å². The third-order valence-electron chi connectivity index (χ3n) is 8.73. The molecule has 6 heteroatoms. The fraction of sp³-hybridized carbons (Fsp3) is 0.200. The molecule has 6 nitrogen and oxygen atoms in total. The van der Waals surface area contributed by atoms with E-state index in [1.807, 2.05) is 12.1 Å². The molecule has 0 radical (unpaired) electrons. The number of anilines is 2.